The molecule has 4 rings (SSSR count). The number of aliphatic hydroxyl groups excluding tert-OH is 1. The van der Waals surface area contributed by atoms with E-state index in [9.17, 15) is 19.5 Å². The molecule has 0 saturated carbocycles. The normalized spacial score (nSPS) is 13.7. The summed E-state index contributed by atoms with van der Waals surface area (Å²) in [6.07, 6.45) is 0.0848. The summed E-state index contributed by atoms with van der Waals surface area (Å²) < 4.78 is 10.8. The van der Waals surface area contributed by atoms with Crippen molar-refractivity contribution in [2.24, 2.45) is 5.92 Å². The van der Waals surface area contributed by atoms with Gasteiger partial charge in [-0.1, -0.05) is 88.4 Å². The fourth-order valence-electron chi connectivity index (χ4n) is 5.12. The first-order valence-electron chi connectivity index (χ1n) is 16.3. The van der Waals surface area contributed by atoms with E-state index in [1.807, 2.05) is 93.7 Å². The molecule has 49 heavy (non-hydrogen) atoms. The Morgan fingerprint density at radius 2 is 1.45 bits per heavy atom. The Bertz CT molecular complexity index is 1580. The molecule has 2 heterocycles. The maximum absolute atomic E-state index is 13.7. The minimum atomic E-state index is -1.07. The molecule has 11 nitrogen and oxygen atoms in total. The molecule has 3 amide bonds. The van der Waals surface area contributed by atoms with Gasteiger partial charge in [0.2, 0.25) is 5.91 Å². The molecule has 4 atom stereocenters. The Kier molecular flexibility index (Phi) is 14.5. The van der Waals surface area contributed by atoms with Crippen LogP contribution in [0.4, 0.5) is 9.59 Å². The predicted molar refractivity (Wildman–Crippen MR) is 190 cm³/mol. The molecule has 0 unspecified atom stereocenters. The number of nitrogens with zero attached hydrogens (tertiary/aromatic N) is 2. The number of hydrogen-bond acceptors (Lipinski definition) is 10. The Hall–Kier alpha value is -4.33. The van der Waals surface area contributed by atoms with Gasteiger partial charge in [-0.3, -0.25) is 9.78 Å². The zero-order valence-corrected chi connectivity index (χ0v) is 29.8. The van der Waals surface area contributed by atoms with Gasteiger partial charge in [0.25, 0.3) is 0 Å². The molecule has 0 fully saturated rings. The highest BCUT2D eigenvalue weighted by atomic mass is 32.1. The number of ether oxygens (including phenoxy) is 2. The highest BCUT2D eigenvalue weighted by Gasteiger charge is 2.31. The lowest BCUT2D eigenvalue weighted by atomic mass is 9.93. The van der Waals surface area contributed by atoms with Crippen LogP contribution in [0, 0.1) is 5.92 Å². The smallest absolute Gasteiger partial charge is 0.408 e. The van der Waals surface area contributed by atoms with Crippen molar-refractivity contribution < 1.29 is 29.0 Å². The lowest BCUT2D eigenvalue weighted by Crippen LogP contribution is -2.56. The molecule has 0 radical (unpaired) electrons. The van der Waals surface area contributed by atoms with Gasteiger partial charge in [0.1, 0.15) is 24.3 Å². The monoisotopic (exact) mass is 707 g/mol. The molecule has 2 aromatic heterocycles. The van der Waals surface area contributed by atoms with Crippen molar-refractivity contribution >= 4 is 40.8 Å². The second kappa shape index (κ2) is 19.0. The minimum Gasteiger partial charge on any atom is -0.444 e. The van der Waals surface area contributed by atoms with E-state index in [0.717, 1.165) is 21.7 Å². The van der Waals surface area contributed by atoms with Crippen LogP contribution < -0.4 is 16.0 Å². The number of alkyl carbamates (subject to hydrolysis) is 2. The fraction of sp³-hybridized carbons (Fsp3) is 0.417. The molecule has 0 saturated heterocycles. The van der Waals surface area contributed by atoms with Crippen molar-refractivity contribution in [3.63, 3.8) is 0 Å². The molecular formula is C36H45N5O6S2. The number of hydrogen-bond donors (Lipinski definition) is 4. The van der Waals surface area contributed by atoms with Crippen molar-refractivity contribution in [3.8, 4) is 0 Å². The number of amides is 3. The molecule has 0 aliphatic rings. The second-order valence-electron chi connectivity index (χ2n) is 12.4. The number of carbonyl (C=O) groups is 3. The van der Waals surface area contributed by atoms with Gasteiger partial charge in [0, 0.05) is 17.6 Å². The summed E-state index contributed by atoms with van der Waals surface area (Å²) in [5.41, 5.74) is 4.47. The fourth-order valence-corrected chi connectivity index (χ4v) is 6.49. The van der Waals surface area contributed by atoms with E-state index in [1.54, 1.807) is 11.7 Å². The molecule has 2 aromatic carbocycles. The Balaban J connectivity index is 1.44. The zero-order chi connectivity index (χ0) is 35.2. The second-order valence-corrected chi connectivity index (χ2v) is 14.4. The molecule has 0 aliphatic heterocycles. The number of carbonyl (C=O) groups excluding carboxylic acids is 3. The van der Waals surface area contributed by atoms with E-state index >= 15 is 0 Å². The highest BCUT2D eigenvalue weighted by molar-refractivity contribution is 7.09. The summed E-state index contributed by atoms with van der Waals surface area (Å²) in [7, 11) is 0. The summed E-state index contributed by atoms with van der Waals surface area (Å²) >= 11 is 2.80. The van der Waals surface area contributed by atoms with Crippen LogP contribution in [0.2, 0.25) is 0 Å². The molecule has 13 heteroatoms. The van der Waals surface area contributed by atoms with Crippen molar-refractivity contribution in [2.75, 3.05) is 0 Å². The van der Waals surface area contributed by atoms with Crippen LogP contribution >= 0.6 is 22.7 Å². The molecular weight excluding hydrogens is 663 g/mol. The predicted octanol–water partition coefficient (Wildman–Crippen LogP) is 5.99. The molecule has 4 N–H and O–H groups in total. The summed E-state index contributed by atoms with van der Waals surface area (Å²) in [6.45, 7) is 7.80. The maximum Gasteiger partial charge on any atom is 0.408 e. The number of thiazole rings is 2. The van der Waals surface area contributed by atoms with Gasteiger partial charge < -0.3 is 30.5 Å². The summed E-state index contributed by atoms with van der Waals surface area (Å²) in [4.78, 5) is 48.7. The first kappa shape index (κ1) is 37.5. The maximum atomic E-state index is 13.7. The number of aromatic nitrogens is 2. The summed E-state index contributed by atoms with van der Waals surface area (Å²) in [6, 6.07) is 16.9. The van der Waals surface area contributed by atoms with Crippen LogP contribution in [-0.2, 0) is 40.3 Å². The van der Waals surface area contributed by atoms with Crippen LogP contribution in [0.1, 0.15) is 66.7 Å². The van der Waals surface area contributed by atoms with Crippen molar-refractivity contribution in [3.05, 3.63) is 104 Å². The highest BCUT2D eigenvalue weighted by Crippen LogP contribution is 2.19. The molecule has 4 aromatic rings. The van der Waals surface area contributed by atoms with Crippen LogP contribution in [0.5, 0.6) is 0 Å². The van der Waals surface area contributed by atoms with E-state index < -0.39 is 42.3 Å². The van der Waals surface area contributed by atoms with Gasteiger partial charge in [-0.15, -0.1) is 22.7 Å². The number of benzene rings is 2. The van der Waals surface area contributed by atoms with Crippen LogP contribution in [0.15, 0.2) is 77.8 Å². The van der Waals surface area contributed by atoms with E-state index in [1.165, 1.54) is 22.7 Å². The third-order valence-corrected chi connectivity index (χ3v) is 9.40. The first-order valence-corrected chi connectivity index (χ1v) is 18.1. The average molecular weight is 708 g/mol. The van der Waals surface area contributed by atoms with Crippen molar-refractivity contribution in [2.45, 2.75) is 90.3 Å². The Morgan fingerprint density at radius 1 is 0.816 bits per heavy atom. The third kappa shape index (κ3) is 12.6. The van der Waals surface area contributed by atoms with Gasteiger partial charge in [-0.05, 0) is 42.2 Å². The van der Waals surface area contributed by atoms with Crippen LogP contribution in [0.3, 0.4) is 0 Å². The van der Waals surface area contributed by atoms with Gasteiger partial charge in [0.15, 0.2) is 0 Å². The largest absolute Gasteiger partial charge is 0.444 e. The van der Waals surface area contributed by atoms with E-state index in [2.05, 4.69) is 25.9 Å². The zero-order valence-electron chi connectivity index (χ0n) is 28.2. The van der Waals surface area contributed by atoms with Crippen LogP contribution in [-0.4, -0.2) is 57.4 Å². The molecule has 0 spiro atoms. The lowest BCUT2D eigenvalue weighted by Gasteiger charge is -2.30. The third-order valence-electron chi connectivity index (χ3n) is 7.80. The van der Waals surface area contributed by atoms with Gasteiger partial charge >= 0.3 is 12.2 Å². The molecule has 0 aliphatic carbocycles. The Morgan fingerprint density at radius 3 is 2.04 bits per heavy atom. The average Bonchev–Trinajstić information content (AvgIpc) is 3.79. The lowest BCUT2D eigenvalue weighted by molar-refractivity contribution is -0.125. The van der Waals surface area contributed by atoms with Crippen molar-refractivity contribution in [1.29, 1.82) is 0 Å². The SMILES string of the molecule is CC(C)c1csc(COC(=O)N[C@H](C(=O)N[C@@H](Cc2ccccc2)[C@@H](O)C[C@H](Cc2ccccc2)NC(=O)OCc2cncs2)C(C)C)n1. The van der Waals surface area contributed by atoms with Gasteiger partial charge in [-0.25, -0.2) is 14.6 Å². The van der Waals surface area contributed by atoms with Gasteiger partial charge in [0.05, 0.1) is 28.2 Å². The number of nitrogens with one attached hydrogen (secondary N) is 3. The van der Waals surface area contributed by atoms with Crippen molar-refractivity contribution in [1.82, 2.24) is 25.9 Å². The first-order chi connectivity index (χ1) is 23.6. The topological polar surface area (TPSA) is 152 Å². The summed E-state index contributed by atoms with van der Waals surface area (Å²) in [5.74, 6) is -0.477. The van der Waals surface area contributed by atoms with E-state index in [0.29, 0.717) is 17.8 Å². The number of rotatable bonds is 17. The molecule has 262 valence electrons. The standard InChI is InChI=1S/C36H45N5O6S2/c1-23(2)30-21-48-32(39-30)20-47-36(45)41-33(24(3)4)34(43)40-29(16-26-13-9-6-10-14-26)31(42)17-27(15-25-11-7-5-8-12-25)38-35(44)46-19-28-18-37-22-49-28/h5-14,18,21-24,27,29,31,33,42H,15-17,19-20H2,1-4H3,(H,38,44)(H,40,43)(H,41,45)/t27-,29-,31-,33-/m0/s1. The van der Waals surface area contributed by atoms with E-state index in [4.69, 9.17) is 9.47 Å². The summed E-state index contributed by atoms with van der Waals surface area (Å²) in [5, 5.41) is 22.9. The van der Waals surface area contributed by atoms with Gasteiger partial charge in [-0.2, -0.15) is 0 Å². The van der Waals surface area contributed by atoms with E-state index in [-0.39, 0.29) is 31.5 Å². The Labute approximate surface area is 295 Å². The quantitative estimate of drug-likeness (QED) is 0.105. The molecule has 0 bridgehead atoms. The minimum absolute atomic E-state index is 0.00650. The number of aliphatic hydroxyl groups is 1. The van der Waals surface area contributed by atoms with Crippen LogP contribution in [0.25, 0.3) is 0 Å².